The number of ether oxygens (including phenoxy) is 4. The molecule has 2 unspecified atom stereocenters. The first-order chi connectivity index (χ1) is 19.5. The van der Waals surface area contributed by atoms with Gasteiger partial charge >= 0.3 is 11.9 Å². The monoisotopic (exact) mass is 531 g/mol. The number of carbonyl (C=O) groups excluding carboxylic acids is 2. The molecule has 0 radical (unpaired) electrons. The molecule has 1 saturated heterocycles. The van der Waals surface area contributed by atoms with Crippen molar-refractivity contribution in [3.63, 3.8) is 0 Å². The second kappa shape index (κ2) is 10.7. The van der Waals surface area contributed by atoms with E-state index in [0.29, 0.717) is 46.8 Å². The van der Waals surface area contributed by atoms with Gasteiger partial charge in [-0.1, -0.05) is 43.3 Å². The normalized spacial score (nSPS) is 16.3. The summed E-state index contributed by atoms with van der Waals surface area (Å²) in [6.45, 7) is 10.5. The van der Waals surface area contributed by atoms with Crippen LogP contribution in [0.25, 0.3) is 16.0 Å². The van der Waals surface area contributed by atoms with Crippen LogP contribution in [-0.4, -0.2) is 31.3 Å². The number of rotatable bonds is 8. The van der Waals surface area contributed by atoms with E-state index in [1.807, 2.05) is 24.3 Å². The predicted octanol–water partition coefficient (Wildman–Crippen LogP) is 6.98. The molecular formula is C33H25NO6. The summed E-state index contributed by atoms with van der Waals surface area (Å²) in [6.07, 6.45) is 1.17. The Bertz CT molecular complexity index is 1630. The van der Waals surface area contributed by atoms with E-state index < -0.39 is 11.9 Å². The molecule has 4 aromatic carbocycles. The predicted molar refractivity (Wildman–Crippen MR) is 148 cm³/mol. The van der Waals surface area contributed by atoms with Gasteiger partial charge in [0.25, 0.3) is 0 Å². The molecule has 0 saturated carbocycles. The van der Waals surface area contributed by atoms with Crippen LogP contribution in [0.4, 0.5) is 5.69 Å². The lowest BCUT2D eigenvalue weighted by Gasteiger charge is -2.10. The summed E-state index contributed by atoms with van der Waals surface area (Å²) < 4.78 is 22.2. The molecule has 0 aromatic heterocycles. The fourth-order valence-electron chi connectivity index (χ4n) is 4.82. The molecule has 6 rings (SSSR count). The van der Waals surface area contributed by atoms with E-state index in [4.69, 9.17) is 25.5 Å². The van der Waals surface area contributed by atoms with Gasteiger partial charge in [0.1, 0.15) is 17.2 Å². The molecule has 1 fully saturated rings. The van der Waals surface area contributed by atoms with Crippen LogP contribution in [-0.2, 0) is 4.74 Å². The fourth-order valence-corrected chi connectivity index (χ4v) is 4.82. The number of hydrogen-bond acceptors (Lipinski definition) is 6. The van der Waals surface area contributed by atoms with Gasteiger partial charge in [0.05, 0.1) is 37.0 Å². The number of nitrogens with zero attached hydrogens (tertiary/aromatic N) is 1. The Morgan fingerprint density at radius 2 is 1.30 bits per heavy atom. The zero-order valence-electron chi connectivity index (χ0n) is 21.8. The summed E-state index contributed by atoms with van der Waals surface area (Å²) in [5.74, 6) is 0.684. The van der Waals surface area contributed by atoms with Crippen molar-refractivity contribution in [3.8, 4) is 28.4 Å². The number of benzene rings is 4. The lowest BCUT2D eigenvalue weighted by Crippen LogP contribution is -2.09. The van der Waals surface area contributed by atoms with Crippen molar-refractivity contribution in [2.45, 2.75) is 25.4 Å². The Morgan fingerprint density at radius 3 is 1.80 bits per heavy atom. The van der Waals surface area contributed by atoms with E-state index in [1.165, 1.54) is 0 Å². The van der Waals surface area contributed by atoms with Crippen LogP contribution in [0.5, 0.6) is 17.2 Å². The molecule has 4 aromatic rings. The van der Waals surface area contributed by atoms with E-state index in [2.05, 4.69) is 11.8 Å². The Labute approximate surface area is 231 Å². The third-order valence-corrected chi connectivity index (χ3v) is 7.12. The van der Waals surface area contributed by atoms with E-state index in [9.17, 15) is 9.59 Å². The molecule has 198 valence electrons. The summed E-state index contributed by atoms with van der Waals surface area (Å²) in [5, 5.41) is 0. The van der Waals surface area contributed by atoms with E-state index in [1.54, 1.807) is 60.7 Å². The van der Waals surface area contributed by atoms with Crippen molar-refractivity contribution >= 4 is 17.6 Å². The second-order valence-corrected chi connectivity index (χ2v) is 9.77. The molecule has 1 heterocycles. The number of esters is 2. The number of fused-ring (bicyclic) bond motifs is 3. The van der Waals surface area contributed by atoms with Crippen LogP contribution in [0.3, 0.4) is 0 Å². The van der Waals surface area contributed by atoms with Crippen LogP contribution >= 0.6 is 0 Å². The molecule has 2 aliphatic rings. The van der Waals surface area contributed by atoms with Gasteiger partial charge < -0.3 is 18.9 Å². The summed E-state index contributed by atoms with van der Waals surface area (Å²) >= 11 is 0. The standard InChI is InChI=1S/C33H25NO6/c1-20-30-17-25(39-32(35)21-3-7-23(34-2)8-4-21)11-13-28(30)29-14-12-26(18-31(20)29)40-33(36)22-5-9-24(10-6-22)37-16-15-27-19-38-27/h3-14,17-18,20,27H,15-16,19H2,1H3. The molecule has 0 N–H and O–H groups in total. The van der Waals surface area contributed by atoms with Crippen LogP contribution in [0.1, 0.15) is 51.1 Å². The summed E-state index contributed by atoms with van der Waals surface area (Å²) in [7, 11) is 0. The maximum atomic E-state index is 12.8. The molecule has 1 aliphatic heterocycles. The topological polar surface area (TPSA) is 78.7 Å². The van der Waals surface area contributed by atoms with Crippen molar-refractivity contribution in [1.29, 1.82) is 0 Å². The average molecular weight is 532 g/mol. The molecule has 1 aliphatic carbocycles. The molecule has 0 amide bonds. The highest BCUT2D eigenvalue weighted by Crippen LogP contribution is 2.47. The van der Waals surface area contributed by atoms with Gasteiger partial charge in [0.2, 0.25) is 0 Å². The zero-order chi connectivity index (χ0) is 27.6. The number of epoxide rings is 1. The maximum absolute atomic E-state index is 12.8. The Morgan fingerprint density at radius 1 is 0.800 bits per heavy atom. The third kappa shape index (κ3) is 5.31. The van der Waals surface area contributed by atoms with Gasteiger partial charge in [-0.25, -0.2) is 14.4 Å². The third-order valence-electron chi connectivity index (χ3n) is 7.12. The largest absolute Gasteiger partial charge is 0.493 e. The van der Waals surface area contributed by atoms with E-state index >= 15 is 0 Å². The second-order valence-electron chi connectivity index (χ2n) is 9.77. The maximum Gasteiger partial charge on any atom is 0.343 e. The highest BCUT2D eigenvalue weighted by atomic mass is 16.6. The van der Waals surface area contributed by atoms with Gasteiger partial charge in [-0.2, -0.15) is 0 Å². The summed E-state index contributed by atoms with van der Waals surface area (Å²) in [5.41, 5.74) is 5.42. The summed E-state index contributed by atoms with van der Waals surface area (Å²) in [6, 6.07) is 24.5. The van der Waals surface area contributed by atoms with Crippen molar-refractivity contribution in [3.05, 3.63) is 119 Å². The SMILES string of the molecule is [C-]#[N+]c1ccc(C(=O)Oc2ccc3c(c2)C(C)c2cc(OC(=O)c4ccc(OCCC5CO5)cc4)ccc2-3)cc1. The first-order valence-electron chi connectivity index (χ1n) is 13.0. The molecule has 7 nitrogen and oxygen atoms in total. The van der Waals surface area contributed by atoms with Crippen LogP contribution in [0.2, 0.25) is 0 Å². The molecule has 0 spiro atoms. The Kier molecular flexibility index (Phi) is 6.77. The van der Waals surface area contributed by atoms with Gasteiger partial charge in [-0.05, 0) is 70.8 Å². The number of hydrogen-bond donors (Lipinski definition) is 0. The van der Waals surface area contributed by atoms with E-state index in [-0.39, 0.29) is 5.92 Å². The lowest BCUT2D eigenvalue weighted by molar-refractivity contribution is 0.0725. The van der Waals surface area contributed by atoms with Gasteiger partial charge in [0, 0.05) is 12.3 Å². The van der Waals surface area contributed by atoms with Crippen molar-refractivity contribution < 1.29 is 28.5 Å². The van der Waals surface area contributed by atoms with Crippen molar-refractivity contribution in [1.82, 2.24) is 0 Å². The summed E-state index contributed by atoms with van der Waals surface area (Å²) in [4.78, 5) is 28.7. The van der Waals surface area contributed by atoms with Crippen molar-refractivity contribution in [2.75, 3.05) is 13.2 Å². The molecule has 7 heteroatoms. The minimum atomic E-state index is -0.485. The zero-order valence-corrected chi connectivity index (χ0v) is 21.8. The van der Waals surface area contributed by atoms with Gasteiger partial charge in [0.15, 0.2) is 5.69 Å². The molecule has 0 bridgehead atoms. The van der Waals surface area contributed by atoms with Crippen LogP contribution < -0.4 is 14.2 Å². The first-order valence-corrected chi connectivity index (χ1v) is 13.0. The van der Waals surface area contributed by atoms with Gasteiger partial charge in [-0.15, -0.1) is 0 Å². The minimum absolute atomic E-state index is 0.0118. The lowest BCUT2D eigenvalue weighted by atomic mass is 9.99. The number of carbonyl (C=O) groups is 2. The Balaban J connectivity index is 1.12. The molecule has 40 heavy (non-hydrogen) atoms. The fraction of sp³-hybridized carbons (Fsp3) is 0.182. The highest BCUT2D eigenvalue weighted by Gasteiger charge is 2.27. The van der Waals surface area contributed by atoms with Gasteiger partial charge in [-0.3, -0.25) is 0 Å². The highest BCUT2D eigenvalue weighted by molar-refractivity contribution is 5.92. The first kappa shape index (κ1) is 25.4. The van der Waals surface area contributed by atoms with Crippen molar-refractivity contribution in [2.24, 2.45) is 0 Å². The van der Waals surface area contributed by atoms with E-state index in [0.717, 1.165) is 35.3 Å². The molecule has 2 atom stereocenters. The Hall–Kier alpha value is -4.93. The average Bonchev–Trinajstić information content (AvgIpc) is 3.77. The van der Waals surface area contributed by atoms with Crippen LogP contribution in [0, 0.1) is 6.57 Å². The minimum Gasteiger partial charge on any atom is -0.493 e. The molecular weight excluding hydrogens is 506 g/mol. The van der Waals surface area contributed by atoms with Crippen LogP contribution in [0.15, 0.2) is 84.9 Å². The quantitative estimate of drug-likeness (QED) is 0.106. The smallest absolute Gasteiger partial charge is 0.343 e.